The van der Waals surface area contributed by atoms with Crippen LogP contribution in [-0.4, -0.2) is 42.5 Å². The minimum Gasteiger partial charge on any atom is -0.428 e. The lowest BCUT2D eigenvalue weighted by Gasteiger charge is -2.30. The minimum atomic E-state index is -0.950. The van der Waals surface area contributed by atoms with Crippen LogP contribution in [0.1, 0.15) is 39.7 Å². The molecule has 1 N–H and O–H groups in total. The Morgan fingerprint density at radius 2 is 1.90 bits per heavy atom. The van der Waals surface area contributed by atoms with Crippen molar-refractivity contribution >= 4 is 22.7 Å². The van der Waals surface area contributed by atoms with Crippen molar-refractivity contribution in [2.24, 2.45) is 0 Å². The summed E-state index contributed by atoms with van der Waals surface area (Å²) in [5.41, 5.74) is -0.112. The van der Waals surface area contributed by atoms with Gasteiger partial charge < -0.3 is 24.3 Å². The van der Waals surface area contributed by atoms with Crippen molar-refractivity contribution in [1.29, 1.82) is 0 Å². The van der Waals surface area contributed by atoms with Gasteiger partial charge in [-0.1, -0.05) is 0 Å². The number of nitrogens with one attached hydrogen (secondary N) is 1. The summed E-state index contributed by atoms with van der Waals surface area (Å²) < 4.78 is 27.2. The molecule has 1 saturated heterocycles. The van der Waals surface area contributed by atoms with Gasteiger partial charge >= 0.3 is 6.16 Å². The maximum absolute atomic E-state index is 14.9. The Morgan fingerprint density at radius 3 is 2.52 bits per heavy atom. The van der Waals surface area contributed by atoms with E-state index >= 15 is 0 Å². The molecular formula is C21H26FN3O4. The average molecular weight is 403 g/mol. The van der Waals surface area contributed by atoms with E-state index in [4.69, 9.17) is 9.47 Å². The number of pyridine rings is 1. The van der Waals surface area contributed by atoms with Crippen LogP contribution in [-0.2, 0) is 4.74 Å². The van der Waals surface area contributed by atoms with E-state index in [1.165, 1.54) is 6.07 Å². The molecule has 0 bridgehead atoms. The number of rotatable bonds is 3. The third-order valence-electron chi connectivity index (χ3n) is 5.05. The molecule has 0 radical (unpaired) electrons. The van der Waals surface area contributed by atoms with Gasteiger partial charge in [-0.15, -0.1) is 0 Å². The number of aromatic nitrogens is 1. The predicted molar refractivity (Wildman–Crippen MR) is 108 cm³/mol. The van der Waals surface area contributed by atoms with Crippen molar-refractivity contribution < 1.29 is 18.7 Å². The lowest BCUT2D eigenvalue weighted by Crippen LogP contribution is -2.43. The second kappa shape index (κ2) is 7.33. The molecule has 8 heteroatoms. The molecular weight excluding hydrogens is 377 g/mol. The number of anilines is 1. The number of carbonyl (C=O) groups is 1. The highest BCUT2D eigenvalue weighted by Crippen LogP contribution is 2.39. The van der Waals surface area contributed by atoms with Gasteiger partial charge in [-0.25, -0.2) is 9.18 Å². The van der Waals surface area contributed by atoms with Crippen molar-refractivity contribution in [2.75, 3.05) is 31.1 Å². The molecule has 156 valence electrons. The second-order valence-corrected chi connectivity index (χ2v) is 8.59. The van der Waals surface area contributed by atoms with Gasteiger partial charge in [-0.05, 0) is 45.7 Å². The number of nitrogens with zero attached hydrogens (tertiary/aromatic N) is 2. The van der Waals surface area contributed by atoms with Crippen LogP contribution in [0.25, 0.3) is 10.9 Å². The molecule has 1 aliphatic heterocycles. The van der Waals surface area contributed by atoms with Crippen molar-refractivity contribution in [1.82, 2.24) is 9.88 Å². The van der Waals surface area contributed by atoms with Crippen LogP contribution in [0.2, 0.25) is 0 Å². The van der Waals surface area contributed by atoms with Gasteiger partial charge in [0, 0.05) is 32.2 Å². The Morgan fingerprint density at radius 1 is 1.21 bits per heavy atom. The fourth-order valence-electron chi connectivity index (χ4n) is 3.57. The summed E-state index contributed by atoms with van der Waals surface area (Å²) in [7, 11) is 0. The largest absolute Gasteiger partial charge is 0.514 e. The molecule has 2 aromatic rings. The van der Waals surface area contributed by atoms with Crippen LogP contribution < -0.4 is 20.4 Å². The van der Waals surface area contributed by atoms with Crippen LogP contribution in [0.15, 0.2) is 23.1 Å². The number of halogens is 1. The smallest absolute Gasteiger partial charge is 0.428 e. The molecule has 1 aromatic carbocycles. The van der Waals surface area contributed by atoms with Crippen molar-refractivity contribution in [3.8, 4) is 5.75 Å². The SMILES string of the molecule is CC(C)(C)OC(=O)Oc1cn(C2CC2)c2cc(N3CCNCC3)c(F)cc2c1=O. The molecule has 1 aliphatic carbocycles. The van der Waals surface area contributed by atoms with Crippen LogP contribution in [0.3, 0.4) is 0 Å². The number of piperazine rings is 1. The highest BCUT2D eigenvalue weighted by atomic mass is 19.1. The first-order valence-corrected chi connectivity index (χ1v) is 9.98. The zero-order chi connectivity index (χ0) is 20.8. The van der Waals surface area contributed by atoms with E-state index in [2.05, 4.69) is 5.32 Å². The summed E-state index contributed by atoms with van der Waals surface area (Å²) >= 11 is 0. The third kappa shape index (κ3) is 4.22. The summed E-state index contributed by atoms with van der Waals surface area (Å²) in [6.07, 6.45) is 2.52. The summed E-state index contributed by atoms with van der Waals surface area (Å²) in [6, 6.07) is 3.21. The number of carbonyl (C=O) groups excluding carboxylic acids is 1. The predicted octanol–water partition coefficient (Wildman–Crippen LogP) is 3.20. The van der Waals surface area contributed by atoms with Crippen LogP contribution in [0.4, 0.5) is 14.9 Å². The van der Waals surface area contributed by atoms with Gasteiger partial charge in [-0.2, -0.15) is 0 Å². The van der Waals surface area contributed by atoms with Gasteiger partial charge in [0.1, 0.15) is 11.4 Å². The molecule has 7 nitrogen and oxygen atoms in total. The second-order valence-electron chi connectivity index (χ2n) is 8.59. The minimum absolute atomic E-state index is 0.145. The summed E-state index contributed by atoms with van der Waals surface area (Å²) in [6.45, 7) is 8.12. The third-order valence-corrected chi connectivity index (χ3v) is 5.05. The molecule has 2 aliphatic rings. The molecule has 29 heavy (non-hydrogen) atoms. The van der Waals surface area contributed by atoms with Crippen molar-refractivity contribution in [3.05, 3.63) is 34.4 Å². The fourth-order valence-corrected chi connectivity index (χ4v) is 3.57. The zero-order valence-electron chi connectivity index (χ0n) is 17.0. The van der Waals surface area contributed by atoms with E-state index < -0.39 is 23.0 Å². The van der Waals surface area contributed by atoms with Crippen molar-refractivity contribution in [3.63, 3.8) is 0 Å². The standard InChI is InChI=1S/C21H26FN3O4/c1-21(2,3)29-20(27)28-18-12-25(13-4-5-13)16-11-17(24-8-6-23-7-9-24)15(22)10-14(16)19(18)26/h10-13,23H,4-9H2,1-3H3. The Hall–Kier alpha value is -2.61. The van der Waals surface area contributed by atoms with Gasteiger partial charge in [0.2, 0.25) is 5.43 Å². The topological polar surface area (TPSA) is 72.8 Å². The molecule has 0 unspecified atom stereocenters. The summed E-state index contributed by atoms with van der Waals surface area (Å²) in [5.74, 6) is -0.596. The molecule has 0 amide bonds. The molecule has 0 atom stereocenters. The summed E-state index contributed by atoms with van der Waals surface area (Å²) in [5, 5.41) is 3.45. The van der Waals surface area contributed by atoms with E-state index in [0.717, 1.165) is 25.9 Å². The molecule has 4 rings (SSSR count). The first-order chi connectivity index (χ1) is 13.7. The van der Waals surface area contributed by atoms with Gasteiger partial charge in [0.25, 0.3) is 0 Å². The zero-order valence-corrected chi connectivity index (χ0v) is 17.0. The van der Waals surface area contributed by atoms with Gasteiger partial charge in [0.05, 0.1) is 22.8 Å². The Labute approximate surface area is 168 Å². The maximum atomic E-state index is 14.9. The Balaban J connectivity index is 1.77. The van der Waals surface area contributed by atoms with Crippen molar-refractivity contribution in [2.45, 2.75) is 45.3 Å². The van der Waals surface area contributed by atoms with E-state index in [9.17, 15) is 14.0 Å². The number of ether oxygens (including phenoxy) is 2. The van der Waals surface area contributed by atoms with Gasteiger partial charge in [0.15, 0.2) is 5.75 Å². The molecule has 1 aromatic heterocycles. The highest BCUT2D eigenvalue weighted by molar-refractivity contribution is 5.85. The summed E-state index contributed by atoms with van der Waals surface area (Å²) in [4.78, 5) is 27.0. The maximum Gasteiger partial charge on any atom is 0.514 e. The number of fused-ring (bicyclic) bond motifs is 1. The molecule has 0 spiro atoms. The first kappa shape index (κ1) is 19.7. The quantitative estimate of drug-likeness (QED) is 0.794. The Bertz CT molecular complexity index is 1000. The lowest BCUT2D eigenvalue weighted by atomic mass is 10.1. The average Bonchev–Trinajstić information content (AvgIpc) is 3.48. The first-order valence-electron chi connectivity index (χ1n) is 9.98. The van der Waals surface area contributed by atoms with E-state index in [0.29, 0.717) is 24.3 Å². The highest BCUT2D eigenvalue weighted by Gasteiger charge is 2.28. The molecule has 2 heterocycles. The number of hydrogen-bond acceptors (Lipinski definition) is 6. The normalized spacial score (nSPS) is 17.4. The lowest BCUT2D eigenvalue weighted by molar-refractivity contribution is 0.0203. The number of hydrogen-bond donors (Lipinski definition) is 1. The van der Waals surface area contributed by atoms with E-state index in [1.54, 1.807) is 33.0 Å². The van der Waals surface area contributed by atoms with E-state index in [1.807, 2.05) is 9.47 Å². The Kier molecular flexibility index (Phi) is 4.98. The molecule has 2 fully saturated rings. The fraction of sp³-hybridized carbons (Fsp3) is 0.524. The van der Waals surface area contributed by atoms with Crippen LogP contribution in [0.5, 0.6) is 5.75 Å². The van der Waals surface area contributed by atoms with Gasteiger partial charge in [-0.3, -0.25) is 4.79 Å². The van der Waals surface area contributed by atoms with E-state index in [-0.39, 0.29) is 17.2 Å². The number of benzene rings is 1. The van der Waals surface area contributed by atoms with Crippen LogP contribution >= 0.6 is 0 Å². The monoisotopic (exact) mass is 403 g/mol. The molecule has 1 saturated carbocycles. The van der Waals surface area contributed by atoms with Crippen LogP contribution in [0, 0.1) is 5.82 Å².